The summed E-state index contributed by atoms with van der Waals surface area (Å²) < 4.78 is 13.1. The summed E-state index contributed by atoms with van der Waals surface area (Å²) >= 11 is 0. The molecule has 1 amide bonds. The first kappa shape index (κ1) is 17.8. The molecule has 0 aromatic heterocycles. The number of halogens is 1. The van der Waals surface area contributed by atoms with Gasteiger partial charge >= 0.3 is 5.97 Å². The first-order valence-electron chi connectivity index (χ1n) is 8.77. The van der Waals surface area contributed by atoms with Gasteiger partial charge in [0, 0.05) is 13.1 Å². The van der Waals surface area contributed by atoms with Crippen molar-refractivity contribution in [2.45, 2.75) is 38.1 Å². The van der Waals surface area contributed by atoms with Crippen molar-refractivity contribution in [1.82, 2.24) is 16.2 Å². The van der Waals surface area contributed by atoms with Crippen molar-refractivity contribution in [2.75, 3.05) is 13.1 Å². The van der Waals surface area contributed by atoms with E-state index in [1.165, 1.54) is 12.1 Å². The van der Waals surface area contributed by atoms with Crippen LogP contribution >= 0.6 is 0 Å². The molecule has 1 aromatic carbocycles. The molecule has 3 rings (SSSR count). The van der Waals surface area contributed by atoms with Crippen LogP contribution in [0.4, 0.5) is 4.39 Å². The molecule has 1 aromatic rings. The Labute approximate surface area is 146 Å². The molecule has 1 aliphatic heterocycles. The quantitative estimate of drug-likeness (QED) is 0.650. The average molecular weight is 349 g/mol. The molecule has 1 heterocycles. The third-order valence-electron chi connectivity index (χ3n) is 5.41. The van der Waals surface area contributed by atoms with Gasteiger partial charge in [-0.1, -0.05) is 31.4 Å². The van der Waals surface area contributed by atoms with Gasteiger partial charge in [-0.2, -0.15) is 0 Å². The summed E-state index contributed by atoms with van der Waals surface area (Å²) in [6, 6.07) is 5.77. The second kappa shape index (κ2) is 7.49. The van der Waals surface area contributed by atoms with Gasteiger partial charge in [0.1, 0.15) is 5.82 Å². The monoisotopic (exact) mass is 349 g/mol. The van der Waals surface area contributed by atoms with E-state index in [1.54, 1.807) is 12.1 Å². The molecule has 1 saturated carbocycles. The minimum Gasteiger partial charge on any atom is -0.481 e. The number of aliphatic carboxylic acids is 1. The van der Waals surface area contributed by atoms with Crippen molar-refractivity contribution in [1.29, 1.82) is 0 Å². The molecule has 0 bridgehead atoms. The Hall–Kier alpha value is -1.99. The Balaban J connectivity index is 1.65. The van der Waals surface area contributed by atoms with Gasteiger partial charge in [0.25, 0.3) is 0 Å². The molecule has 136 valence electrons. The van der Waals surface area contributed by atoms with Crippen LogP contribution < -0.4 is 16.2 Å². The third-order valence-corrected chi connectivity index (χ3v) is 5.41. The standard InChI is InChI=1S/C18H24FN3O3/c19-13-6-4-12(5-7-13)15-14(10-21-22-15)16(23)20-11-18(17(24)25)8-2-1-3-9-18/h4-7,14-15,21-22H,1-3,8-11H2,(H,20,23)(H,24,25). The van der Waals surface area contributed by atoms with E-state index in [0.717, 1.165) is 24.8 Å². The minimum atomic E-state index is -0.848. The van der Waals surface area contributed by atoms with E-state index in [-0.39, 0.29) is 30.2 Å². The second-order valence-corrected chi connectivity index (χ2v) is 7.02. The third kappa shape index (κ3) is 3.82. The predicted octanol–water partition coefficient (Wildman–Crippen LogP) is 1.74. The number of hydrazine groups is 1. The summed E-state index contributed by atoms with van der Waals surface area (Å²) in [6.07, 6.45) is 4.02. The van der Waals surface area contributed by atoms with Crippen LogP contribution in [0.25, 0.3) is 0 Å². The first-order valence-corrected chi connectivity index (χ1v) is 8.77. The predicted molar refractivity (Wildman–Crippen MR) is 89.9 cm³/mol. The Kier molecular flexibility index (Phi) is 5.34. The zero-order valence-corrected chi connectivity index (χ0v) is 14.1. The maximum absolute atomic E-state index is 13.1. The Morgan fingerprint density at radius 3 is 2.52 bits per heavy atom. The highest BCUT2D eigenvalue weighted by molar-refractivity contribution is 5.82. The van der Waals surface area contributed by atoms with Crippen LogP contribution in [0.3, 0.4) is 0 Å². The molecule has 25 heavy (non-hydrogen) atoms. The Morgan fingerprint density at radius 2 is 1.88 bits per heavy atom. The summed E-state index contributed by atoms with van der Waals surface area (Å²) in [5.74, 6) is -1.71. The van der Waals surface area contributed by atoms with Crippen molar-refractivity contribution in [2.24, 2.45) is 11.3 Å². The lowest BCUT2D eigenvalue weighted by molar-refractivity contribution is -0.151. The molecule has 0 radical (unpaired) electrons. The number of hydrogen-bond acceptors (Lipinski definition) is 4. The number of carbonyl (C=O) groups is 2. The highest BCUT2D eigenvalue weighted by Gasteiger charge is 2.41. The van der Waals surface area contributed by atoms with E-state index in [2.05, 4.69) is 16.2 Å². The van der Waals surface area contributed by atoms with E-state index in [9.17, 15) is 19.1 Å². The molecule has 2 unspecified atom stereocenters. The van der Waals surface area contributed by atoms with Crippen LogP contribution in [0.5, 0.6) is 0 Å². The fourth-order valence-electron chi connectivity index (χ4n) is 3.81. The fourth-order valence-corrected chi connectivity index (χ4v) is 3.81. The highest BCUT2D eigenvalue weighted by Crippen LogP contribution is 2.36. The van der Waals surface area contributed by atoms with Crippen LogP contribution in [-0.4, -0.2) is 30.1 Å². The number of benzene rings is 1. The highest BCUT2D eigenvalue weighted by atomic mass is 19.1. The summed E-state index contributed by atoms with van der Waals surface area (Å²) in [5, 5.41) is 12.5. The lowest BCUT2D eigenvalue weighted by Crippen LogP contribution is -2.46. The second-order valence-electron chi connectivity index (χ2n) is 7.02. The number of carbonyl (C=O) groups excluding carboxylic acids is 1. The first-order chi connectivity index (χ1) is 12.0. The number of carboxylic acid groups (broad SMARTS) is 1. The molecule has 2 aliphatic rings. The van der Waals surface area contributed by atoms with E-state index >= 15 is 0 Å². The van der Waals surface area contributed by atoms with Gasteiger partial charge in [0.2, 0.25) is 5.91 Å². The van der Waals surface area contributed by atoms with Crippen molar-refractivity contribution in [3.63, 3.8) is 0 Å². The smallest absolute Gasteiger partial charge is 0.311 e. The fraction of sp³-hybridized carbons (Fsp3) is 0.556. The minimum absolute atomic E-state index is 0.161. The summed E-state index contributed by atoms with van der Waals surface area (Å²) in [6.45, 7) is 0.599. The normalized spacial score (nSPS) is 25.5. The largest absolute Gasteiger partial charge is 0.481 e. The van der Waals surface area contributed by atoms with Crippen molar-refractivity contribution < 1.29 is 19.1 Å². The molecule has 1 saturated heterocycles. The molecule has 7 heteroatoms. The number of carboxylic acids is 1. The zero-order chi connectivity index (χ0) is 17.9. The van der Waals surface area contributed by atoms with Crippen LogP contribution in [0, 0.1) is 17.2 Å². The SMILES string of the molecule is O=C(NCC1(C(=O)O)CCCCC1)C1CNNC1c1ccc(F)cc1. The lowest BCUT2D eigenvalue weighted by atomic mass is 9.74. The zero-order valence-electron chi connectivity index (χ0n) is 14.1. The van der Waals surface area contributed by atoms with Crippen molar-refractivity contribution >= 4 is 11.9 Å². The van der Waals surface area contributed by atoms with E-state index in [4.69, 9.17) is 0 Å². The Morgan fingerprint density at radius 1 is 1.20 bits per heavy atom. The molecule has 6 nitrogen and oxygen atoms in total. The van der Waals surface area contributed by atoms with Crippen LogP contribution in [0.15, 0.2) is 24.3 Å². The van der Waals surface area contributed by atoms with Gasteiger partial charge in [-0.15, -0.1) is 0 Å². The average Bonchev–Trinajstić information content (AvgIpc) is 3.11. The number of nitrogens with one attached hydrogen (secondary N) is 3. The topological polar surface area (TPSA) is 90.5 Å². The molecule has 0 spiro atoms. The van der Waals surface area contributed by atoms with Gasteiger partial charge < -0.3 is 10.4 Å². The Bertz CT molecular complexity index is 629. The number of hydrogen-bond donors (Lipinski definition) is 4. The maximum Gasteiger partial charge on any atom is 0.311 e. The van der Waals surface area contributed by atoms with Crippen LogP contribution in [-0.2, 0) is 9.59 Å². The maximum atomic E-state index is 13.1. The summed E-state index contributed by atoms with van der Waals surface area (Å²) in [4.78, 5) is 24.4. The van der Waals surface area contributed by atoms with Crippen molar-refractivity contribution in [3.8, 4) is 0 Å². The number of rotatable bonds is 5. The van der Waals surface area contributed by atoms with Gasteiger partial charge in [-0.25, -0.2) is 9.82 Å². The van der Waals surface area contributed by atoms with Gasteiger partial charge in [0.15, 0.2) is 0 Å². The van der Waals surface area contributed by atoms with Gasteiger partial charge in [0.05, 0.1) is 17.4 Å². The summed E-state index contributed by atoms with van der Waals surface area (Å²) in [7, 11) is 0. The van der Waals surface area contributed by atoms with Crippen molar-refractivity contribution in [3.05, 3.63) is 35.6 Å². The van der Waals surface area contributed by atoms with Crippen LogP contribution in [0.2, 0.25) is 0 Å². The molecule has 4 N–H and O–H groups in total. The summed E-state index contributed by atoms with van der Waals surface area (Å²) in [5.41, 5.74) is 5.98. The van der Waals surface area contributed by atoms with E-state index in [0.29, 0.717) is 19.4 Å². The van der Waals surface area contributed by atoms with Crippen LogP contribution in [0.1, 0.15) is 43.7 Å². The number of amides is 1. The van der Waals surface area contributed by atoms with Gasteiger partial charge in [-0.05, 0) is 30.5 Å². The molecule has 2 fully saturated rings. The van der Waals surface area contributed by atoms with E-state index in [1.807, 2.05) is 0 Å². The van der Waals surface area contributed by atoms with Gasteiger partial charge in [-0.3, -0.25) is 15.0 Å². The van der Waals surface area contributed by atoms with E-state index < -0.39 is 11.4 Å². The molecular weight excluding hydrogens is 325 g/mol. The molecule has 2 atom stereocenters. The molecule has 1 aliphatic carbocycles. The molecular formula is C18H24FN3O3. The lowest BCUT2D eigenvalue weighted by Gasteiger charge is -2.33.